The van der Waals surface area contributed by atoms with Crippen molar-refractivity contribution in [3.63, 3.8) is 0 Å². The molecule has 142 valence electrons. The molecule has 1 saturated heterocycles. The molecule has 1 heterocycles. The van der Waals surface area contributed by atoms with Crippen LogP contribution in [0, 0.1) is 5.92 Å². The minimum Gasteiger partial charge on any atom is -0.378 e. The number of carbonyl (C=O) groups is 1. The lowest BCUT2D eigenvalue weighted by Crippen LogP contribution is -2.36. The van der Waals surface area contributed by atoms with Crippen molar-refractivity contribution in [1.82, 2.24) is 10.2 Å². The fourth-order valence-corrected chi connectivity index (χ4v) is 2.44. The third-order valence-electron chi connectivity index (χ3n) is 3.99. The highest BCUT2D eigenvalue weighted by atomic mass is 16.6. The summed E-state index contributed by atoms with van der Waals surface area (Å²) in [6.07, 6.45) is 3.05. The topological polar surface area (TPSA) is 69.3 Å². The summed E-state index contributed by atoms with van der Waals surface area (Å²) in [4.78, 5) is 13.0. The molecule has 0 bridgehead atoms. The number of nitrogens with one attached hydrogen (secondary N) is 1. The van der Waals surface area contributed by atoms with Gasteiger partial charge in [0.1, 0.15) is 6.29 Å². The molecule has 0 aromatic rings. The molecule has 1 aliphatic heterocycles. The Morgan fingerprint density at radius 2 is 1.38 bits per heavy atom. The maximum absolute atomic E-state index is 10.7. The number of rotatable bonds is 16. The molecule has 0 aromatic heterocycles. The zero-order valence-electron chi connectivity index (χ0n) is 15.0. The maximum atomic E-state index is 10.7. The smallest absolute Gasteiger partial charge is 0.123 e. The van der Waals surface area contributed by atoms with Crippen molar-refractivity contribution in [3.05, 3.63) is 0 Å². The van der Waals surface area contributed by atoms with Gasteiger partial charge in [0, 0.05) is 19.0 Å². The summed E-state index contributed by atoms with van der Waals surface area (Å²) < 4.78 is 21.8. The Bertz CT molecular complexity index is 286. The second-order valence-electron chi connectivity index (χ2n) is 5.87. The van der Waals surface area contributed by atoms with Gasteiger partial charge in [-0.2, -0.15) is 0 Å². The van der Waals surface area contributed by atoms with Gasteiger partial charge in [0.25, 0.3) is 0 Å². The van der Waals surface area contributed by atoms with Crippen molar-refractivity contribution in [3.8, 4) is 0 Å². The molecule has 0 aliphatic carbocycles. The monoisotopic (exact) mass is 346 g/mol. The van der Waals surface area contributed by atoms with Gasteiger partial charge in [-0.15, -0.1) is 0 Å². The van der Waals surface area contributed by atoms with E-state index in [1.54, 1.807) is 0 Å². The van der Waals surface area contributed by atoms with E-state index in [0.717, 1.165) is 51.9 Å². The summed E-state index contributed by atoms with van der Waals surface area (Å²) in [5.41, 5.74) is 0. The highest BCUT2D eigenvalue weighted by Gasteiger charge is 2.17. The molecule has 1 rings (SSSR count). The summed E-state index contributed by atoms with van der Waals surface area (Å²) in [7, 11) is 1.90. The van der Waals surface area contributed by atoms with Crippen LogP contribution in [0.5, 0.6) is 0 Å². The number of likely N-dealkylation sites (tertiary alicyclic amines) is 1. The summed E-state index contributed by atoms with van der Waals surface area (Å²) in [6, 6.07) is 0. The predicted octanol–water partition coefficient (Wildman–Crippen LogP) is 0.183. The molecule has 1 aliphatic rings. The van der Waals surface area contributed by atoms with Crippen molar-refractivity contribution < 1.29 is 23.7 Å². The van der Waals surface area contributed by atoms with Crippen LogP contribution in [0.15, 0.2) is 0 Å². The van der Waals surface area contributed by atoms with Crippen LogP contribution in [0.4, 0.5) is 0 Å². The first-order chi connectivity index (χ1) is 11.9. The molecule has 0 aromatic carbocycles. The van der Waals surface area contributed by atoms with Gasteiger partial charge in [-0.1, -0.05) is 0 Å². The lowest BCUT2D eigenvalue weighted by molar-refractivity contribution is -0.112. The number of hydrogen-bond donors (Lipinski definition) is 1. The predicted molar refractivity (Wildman–Crippen MR) is 92.4 cm³/mol. The number of likely N-dealkylation sites (N-methyl/N-ethyl adjacent to an activating group) is 1. The lowest BCUT2D eigenvalue weighted by atomic mass is 9.99. The van der Waals surface area contributed by atoms with Crippen LogP contribution in [0.1, 0.15) is 12.8 Å². The van der Waals surface area contributed by atoms with Crippen molar-refractivity contribution >= 4 is 6.29 Å². The van der Waals surface area contributed by atoms with Gasteiger partial charge in [0.2, 0.25) is 0 Å². The molecule has 0 saturated carbocycles. The Morgan fingerprint density at radius 3 is 1.88 bits per heavy atom. The number of hydrogen-bond acceptors (Lipinski definition) is 7. The van der Waals surface area contributed by atoms with Crippen LogP contribution in [0.25, 0.3) is 0 Å². The van der Waals surface area contributed by atoms with Gasteiger partial charge in [0.05, 0.1) is 52.9 Å². The van der Waals surface area contributed by atoms with Gasteiger partial charge in [-0.05, 0) is 33.0 Å². The van der Waals surface area contributed by atoms with E-state index >= 15 is 0 Å². The van der Waals surface area contributed by atoms with Gasteiger partial charge < -0.3 is 34.0 Å². The van der Waals surface area contributed by atoms with Crippen LogP contribution in [0.2, 0.25) is 0 Å². The molecule has 1 N–H and O–H groups in total. The van der Waals surface area contributed by atoms with Gasteiger partial charge in [-0.3, -0.25) is 0 Å². The third kappa shape index (κ3) is 11.9. The first-order valence-electron chi connectivity index (χ1n) is 9.00. The van der Waals surface area contributed by atoms with Crippen molar-refractivity contribution in [2.75, 3.05) is 86.1 Å². The number of nitrogens with zero attached hydrogens (tertiary/aromatic N) is 1. The van der Waals surface area contributed by atoms with Crippen LogP contribution in [-0.4, -0.2) is 97.3 Å². The van der Waals surface area contributed by atoms with E-state index in [9.17, 15) is 4.79 Å². The Balaban J connectivity index is 1.73. The average molecular weight is 346 g/mol. The quantitative estimate of drug-likeness (QED) is 0.316. The van der Waals surface area contributed by atoms with Gasteiger partial charge in [-0.25, -0.2) is 0 Å². The Morgan fingerprint density at radius 1 is 0.875 bits per heavy atom. The largest absolute Gasteiger partial charge is 0.378 e. The molecule has 0 atom stereocenters. The zero-order valence-corrected chi connectivity index (χ0v) is 15.0. The van der Waals surface area contributed by atoms with Crippen molar-refractivity contribution in [2.45, 2.75) is 12.8 Å². The van der Waals surface area contributed by atoms with E-state index in [-0.39, 0.29) is 5.92 Å². The Labute approximate surface area is 145 Å². The second-order valence-corrected chi connectivity index (χ2v) is 5.87. The molecule has 0 unspecified atom stereocenters. The molecule has 7 nitrogen and oxygen atoms in total. The fourth-order valence-electron chi connectivity index (χ4n) is 2.44. The molecule has 0 spiro atoms. The SMILES string of the molecule is CNCCOCCOCCOCCOCCN1CCC(C=O)CC1. The van der Waals surface area contributed by atoms with Crippen molar-refractivity contribution in [2.24, 2.45) is 5.92 Å². The first kappa shape index (κ1) is 21.5. The third-order valence-corrected chi connectivity index (χ3v) is 3.99. The van der Waals surface area contributed by atoms with E-state index in [4.69, 9.17) is 18.9 Å². The lowest BCUT2D eigenvalue weighted by Gasteiger charge is -2.29. The molecule has 1 fully saturated rings. The van der Waals surface area contributed by atoms with E-state index in [0.29, 0.717) is 46.2 Å². The number of aldehydes is 1. The highest BCUT2D eigenvalue weighted by Crippen LogP contribution is 2.14. The fraction of sp³-hybridized carbons (Fsp3) is 0.941. The molecule has 0 amide bonds. The molecule has 7 heteroatoms. The Kier molecular flexibility index (Phi) is 14.3. The number of piperidine rings is 1. The van der Waals surface area contributed by atoms with Crippen molar-refractivity contribution in [1.29, 1.82) is 0 Å². The summed E-state index contributed by atoms with van der Waals surface area (Å²) in [5.74, 6) is 0.262. The maximum Gasteiger partial charge on any atom is 0.123 e. The minimum absolute atomic E-state index is 0.262. The number of carbonyl (C=O) groups excluding carboxylic acids is 1. The molecular weight excluding hydrogens is 312 g/mol. The zero-order chi connectivity index (χ0) is 17.3. The highest BCUT2D eigenvalue weighted by molar-refractivity contribution is 5.53. The second kappa shape index (κ2) is 15.9. The normalized spacial score (nSPS) is 16.5. The van der Waals surface area contributed by atoms with Gasteiger partial charge >= 0.3 is 0 Å². The van der Waals surface area contributed by atoms with E-state index < -0.39 is 0 Å². The van der Waals surface area contributed by atoms with Crippen LogP contribution >= 0.6 is 0 Å². The molecule has 24 heavy (non-hydrogen) atoms. The Hall–Kier alpha value is -0.570. The van der Waals surface area contributed by atoms with Crippen LogP contribution in [0.3, 0.4) is 0 Å². The standard InChI is InChI=1S/C17H34N2O5/c1-18-4-8-21-10-12-23-14-15-24-13-11-22-9-7-19-5-2-17(16-20)3-6-19/h16-18H,2-15H2,1H3. The van der Waals surface area contributed by atoms with E-state index in [2.05, 4.69) is 10.2 Å². The molecule has 0 radical (unpaired) electrons. The first-order valence-corrected chi connectivity index (χ1v) is 9.00. The van der Waals surface area contributed by atoms with E-state index in [1.165, 1.54) is 0 Å². The van der Waals surface area contributed by atoms with Crippen LogP contribution in [-0.2, 0) is 23.7 Å². The van der Waals surface area contributed by atoms with Gasteiger partial charge in [0.15, 0.2) is 0 Å². The minimum atomic E-state index is 0.262. The summed E-state index contributed by atoms with van der Waals surface area (Å²) in [5, 5.41) is 3.02. The van der Waals surface area contributed by atoms with E-state index in [1.807, 2.05) is 7.05 Å². The average Bonchev–Trinajstić information content (AvgIpc) is 2.62. The summed E-state index contributed by atoms with van der Waals surface area (Å²) in [6.45, 7) is 8.81. The molecular formula is C17H34N2O5. The number of ether oxygens (including phenoxy) is 4. The van der Waals surface area contributed by atoms with Crippen LogP contribution < -0.4 is 5.32 Å². The summed E-state index contributed by atoms with van der Waals surface area (Å²) >= 11 is 0.